The van der Waals surface area contributed by atoms with Gasteiger partial charge in [0.25, 0.3) is 5.91 Å². The van der Waals surface area contributed by atoms with E-state index in [-0.39, 0.29) is 12.3 Å². The van der Waals surface area contributed by atoms with E-state index < -0.39 is 17.5 Å². The molecule has 0 aliphatic carbocycles. The number of amides is 1. The van der Waals surface area contributed by atoms with E-state index in [0.29, 0.717) is 23.7 Å². The normalized spacial score (nSPS) is 10.0. The number of benzene rings is 2. The molecular formula is C15H11F2NO3. The average molecular weight is 291 g/mol. The molecular weight excluding hydrogens is 280 g/mol. The van der Waals surface area contributed by atoms with Crippen molar-refractivity contribution in [2.24, 2.45) is 0 Å². The molecule has 0 spiro atoms. The molecule has 0 saturated carbocycles. The van der Waals surface area contributed by atoms with Gasteiger partial charge in [0.05, 0.1) is 5.69 Å². The Bertz CT molecular complexity index is 656. The van der Waals surface area contributed by atoms with Gasteiger partial charge in [-0.05, 0) is 36.4 Å². The molecule has 1 N–H and O–H groups in total. The highest BCUT2D eigenvalue weighted by Crippen LogP contribution is 2.15. The van der Waals surface area contributed by atoms with Crippen molar-refractivity contribution < 1.29 is 23.1 Å². The zero-order valence-electron chi connectivity index (χ0n) is 10.8. The van der Waals surface area contributed by atoms with E-state index >= 15 is 0 Å². The van der Waals surface area contributed by atoms with E-state index in [2.05, 4.69) is 5.32 Å². The van der Waals surface area contributed by atoms with Gasteiger partial charge in [-0.3, -0.25) is 9.59 Å². The molecule has 21 heavy (non-hydrogen) atoms. The number of hydrogen-bond acceptors (Lipinski definition) is 3. The summed E-state index contributed by atoms with van der Waals surface area (Å²) >= 11 is 0. The summed E-state index contributed by atoms with van der Waals surface area (Å²) in [7, 11) is 0. The van der Waals surface area contributed by atoms with Crippen LogP contribution in [0.15, 0.2) is 42.5 Å². The Hall–Kier alpha value is -2.76. The lowest BCUT2D eigenvalue weighted by Gasteiger charge is -2.08. The van der Waals surface area contributed by atoms with E-state index in [1.807, 2.05) is 0 Å². The molecule has 0 aliphatic heterocycles. The van der Waals surface area contributed by atoms with Crippen LogP contribution in [-0.4, -0.2) is 18.8 Å². The van der Waals surface area contributed by atoms with Crippen molar-refractivity contribution in [2.45, 2.75) is 0 Å². The fourth-order valence-electron chi connectivity index (χ4n) is 1.57. The van der Waals surface area contributed by atoms with E-state index in [1.54, 1.807) is 12.1 Å². The number of anilines is 1. The van der Waals surface area contributed by atoms with E-state index in [0.717, 1.165) is 12.1 Å². The first-order valence-corrected chi connectivity index (χ1v) is 6.01. The zero-order valence-corrected chi connectivity index (χ0v) is 10.8. The fourth-order valence-corrected chi connectivity index (χ4v) is 1.57. The largest absolute Gasteiger partial charge is 0.484 e. The van der Waals surface area contributed by atoms with Gasteiger partial charge in [0, 0.05) is 11.6 Å². The number of carbonyl (C=O) groups excluding carboxylic acids is 2. The quantitative estimate of drug-likeness (QED) is 0.862. The Balaban J connectivity index is 1.90. The van der Waals surface area contributed by atoms with Gasteiger partial charge in [-0.25, -0.2) is 8.78 Å². The summed E-state index contributed by atoms with van der Waals surface area (Å²) in [6.45, 7) is -0.336. The van der Waals surface area contributed by atoms with Crippen LogP contribution in [0.25, 0.3) is 0 Å². The van der Waals surface area contributed by atoms with Crippen LogP contribution < -0.4 is 10.1 Å². The average Bonchev–Trinajstić information content (AvgIpc) is 2.48. The van der Waals surface area contributed by atoms with Gasteiger partial charge >= 0.3 is 0 Å². The molecule has 0 fully saturated rings. The lowest BCUT2D eigenvalue weighted by molar-refractivity contribution is -0.118. The number of rotatable bonds is 5. The van der Waals surface area contributed by atoms with E-state index in [1.165, 1.54) is 12.1 Å². The topological polar surface area (TPSA) is 55.4 Å². The molecule has 4 nitrogen and oxygen atoms in total. The maximum Gasteiger partial charge on any atom is 0.262 e. The molecule has 0 saturated heterocycles. The van der Waals surface area contributed by atoms with E-state index in [4.69, 9.17) is 4.74 Å². The summed E-state index contributed by atoms with van der Waals surface area (Å²) in [6.07, 6.45) is 0.688. The molecule has 2 rings (SSSR count). The lowest BCUT2D eigenvalue weighted by atomic mass is 10.2. The number of aldehydes is 1. The lowest BCUT2D eigenvalue weighted by Crippen LogP contribution is -2.20. The van der Waals surface area contributed by atoms with Crippen LogP contribution in [0.4, 0.5) is 14.5 Å². The molecule has 0 bridgehead atoms. The Kier molecular flexibility index (Phi) is 4.61. The number of nitrogens with one attached hydrogen (secondary N) is 1. The molecule has 0 heterocycles. The van der Waals surface area contributed by atoms with Gasteiger partial charge in [-0.15, -0.1) is 0 Å². The molecule has 0 aromatic heterocycles. The highest BCUT2D eigenvalue weighted by Gasteiger charge is 2.08. The predicted molar refractivity (Wildman–Crippen MR) is 72.3 cm³/mol. The maximum absolute atomic E-state index is 13.3. The number of halogens is 2. The molecule has 2 aromatic rings. The minimum absolute atomic E-state index is 0.124. The molecule has 0 atom stereocenters. The van der Waals surface area contributed by atoms with Gasteiger partial charge in [0.1, 0.15) is 23.7 Å². The molecule has 6 heteroatoms. The zero-order chi connectivity index (χ0) is 15.2. The second kappa shape index (κ2) is 6.60. The Labute approximate surface area is 119 Å². The molecule has 0 radical (unpaired) electrons. The van der Waals surface area contributed by atoms with Crippen LogP contribution in [-0.2, 0) is 4.79 Å². The van der Waals surface area contributed by atoms with Crippen molar-refractivity contribution in [3.05, 3.63) is 59.7 Å². The second-order valence-corrected chi connectivity index (χ2v) is 4.15. The maximum atomic E-state index is 13.3. The van der Waals surface area contributed by atoms with Crippen molar-refractivity contribution in [1.82, 2.24) is 0 Å². The van der Waals surface area contributed by atoms with Gasteiger partial charge in [-0.1, -0.05) is 0 Å². The number of carbonyl (C=O) groups is 2. The summed E-state index contributed by atoms with van der Waals surface area (Å²) in [5.41, 5.74) is 0.362. The van der Waals surface area contributed by atoms with Crippen molar-refractivity contribution in [3.63, 3.8) is 0 Å². The number of hydrogen-bond donors (Lipinski definition) is 1. The molecule has 0 aliphatic rings. The Morgan fingerprint density at radius 3 is 2.48 bits per heavy atom. The van der Waals surface area contributed by atoms with Crippen LogP contribution >= 0.6 is 0 Å². The Morgan fingerprint density at radius 1 is 1.14 bits per heavy atom. The van der Waals surface area contributed by atoms with Gasteiger partial charge in [0.2, 0.25) is 0 Å². The smallest absolute Gasteiger partial charge is 0.262 e. The third-order valence-electron chi connectivity index (χ3n) is 2.59. The first-order valence-electron chi connectivity index (χ1n) is 6.01. The minimum atomic E-state index is -0.862. The monoisotopic (exact) mass is 291 g/mol. The first-order chi connectivity index (χ1) is 10.1. The van der Waals surface area contributed by atoms with Gasteiger partial charge < -0.3 is 10.1 Å². The molecule has 108 valence electrons. The summed E-state index contributed by atoms with van der Waals surface area (Å²) in [6, 6.07) is 9.00. The SMILES string of the molecule is O=Cc1ccc(OCC(=O)Nc2ccc(F)cc2F)cc1. The Morgan fingerprint density at radius 2 is 1.86 bits per heavy atom. The van der Waals surface area contributed by atoms with Crippen LogP contribution in [0.3, 0.4) is 0 Å². The van der Waals surface area contributed by atoms with Gasteiger partial charge in [0.15, 0.2) is 6.61 Å². The molecule has 1 amide bonds. The first kappa shape index (κ1) is 14.6. The van der Waals surface area contributed by atoms with Crippen molar-refractivity contribution in [3.8, 4) is 5.75 Å². The fraction of sp³-hybridized carbons (Fsp3) is 0.0667. The summed E-state index contributed by atoms with van der Waals surface area (Å²) in [4.78, 5) is 22.1. The van der Waals surface area contributed by atoms with E-state index in [9.17, 15) is 18.4 Å². The van der Waals surface area contributed by atoms with Crippen molar-refractivity contribution in [1.29, 1.82) is 0 Å². The summed E-state index contributed by atoms with van der Waals surface area (Å²) in [5.74, 6) is -1.77. The minimum Gasteiger partial charge on any atom is -0.484 e. The second-order valence-electron chi connectivity index (χ2n) is 4.15. The van der Waals surface area contributed by atoms with Crippen molar-refractivity contribution >= 4 is 17.9 Å². The molecule has 0 unspecified atom stereocenters. The van der Waals surface area contributed by atoms with Crippen molar-refractivity contribution in [2.75, 3.05) is 11.9 Å². The third-order valence-corrected chi connectivity index (χ3v) is 2.59. The number of ether oxygens (including phenoxy) is 1. The predicted octanol–water partition coefficient (Wildman–Crippen LogP) is 2.79. The van der Waals surface area contributed by atoms with Gasteiger partial charge in [-0.2, -0.15) is 0 Å². The third kappa shape index (κ3) is 4.10. The van der Waals surface area contributed by atoms with Crippen LogP contribution in [0.1, 0.15) is 10.4 Å². The highest BCUT2D eigenvalue weighted by molar-refractivity contribution is 5.92. The van der Waals surface area contributed by atoms with Crippen LogP contribution in [0.2, 0.25) is 0 Å². The summed E-state index contributed by atoms with van der Waals surface area (Å²) in [5, 5.41) is 2.27. The summed E-state index contributed by atoms with van der Waals surface area (Å²) < 4.78 is 31.2. The molecule has 2 aromatic carbocycles. The standard InChI is InChI=1S/C15H11F2NO3/c16-11-3-6-14(13(17)7-11)18-15(20)9-21-12-4-1-10(8-19)2-5-12/h1-8H,9H2,(H,18,20). The highest BCUT2D eigenvalue weighted by atomic mass is 19.1. The van der Waals surface area contributed by atoms with Crippen LogP contribution in [0.5, 0.6) is 5.75 Å². The van der Waals surface area contributed by atoms with Crippen LogP contribution in [0, 0.1) is 11.6 Å².